The Balaban J connectivity index is 2.33. The average Bonchev–Trinajstić information content (AvgIpc) is 2.59. The molecule has 0 aliphatic carbocycles. The van der Waals surface area contributed by atoms with Gasteiger partial charge in [0.05, 0.1) is 14.2 Å². The molecule has 1 atom stereocenters. The Morgan fingerprint density at radius 3 is 2.29 bits per heavy atom. The summed E-state index contributed by atoms with van der Waals surface area (Å²) in [6, 6.07) is 11.4. The molecule has 0 aliphatic rings. The third-order valence-electron chi connectivity index (χ3n) is 3.64. The van der Waals surface area contributed by atoms with Gasteiger partial charge in [0.25, 0.3) is 0 Å². The number of halogens is 1. The van der Waals surface area contributed by atoms with Gasteiger partial charge in [-0.2, -0.15) is 0 Å². The Labute approximate surface area is 147 Å². The number of benzene rings is 2. The highest BCUT2D eigenvalue weighted by molar-refractivity contribution is 7.89. The van der Waals surface area contributed by atoms with Crippen LogP contribution < -0.4 is 14.2 Å². The van der Waals surface area contributed by atoms with E-state index in [1.165, 1.54) is 19.2 Å². The van der Waals surface area contributed by atoms with Crippen LogP contribution in [0.1, 0.15) is 24.9 Å². The second-order valence-electron chi connectivity index (χ2n) is 5.15. The summed E-state index contributed by atoms with van der Waals surface area (Å²) >= 11 is 5.94. The van der Waals surface area contributed by atoms with Crippen LogP contribution in [0.4, 0.5) is 0 Å². The Hall–Kier alpha value is -1.76. The van der Waals surface area contributed by atoms with Crippen LogP contribution in [0.15, 0.2) is 47.4 Å². The van der Waals surface area contributed by atoms with Crippen LogP contribution in [0.2, 0.25) is 5.02 Å². The minimum absolute atomic E-state index is 0.0180. The third kappa shape index (κ3) is 4.20. The molecule has 2 aromatic rings. The van der Waals surface area contributed by atoms with Crippen molar-refractivity contribution in [3.05, 3.63) is 53.1 Å². The van der Waals surface area contributed by atoms with E-state index in [1.54, 1.807) is 25.3 Å². The van der Waals surface area contributed by atoms with E-state index in [0.29, 0.717) is 17.2 Å². The standard InChI is InChI=1S/C17H20ClNO4S/c1-4-15(12-5-8-14(22-2)9-6-12)19-24(20,21)17-11-13(18)7-10-16(17)23-3/h5-11,15,19H,4H2,1-3H3/t15-/m0/s1. The summed E-state index contributed by atoms with van der Waals surface area (Å²) in [7, 11) is -0.788. The molecular weight excluding hydrogens is 350 g/mol. The van der Waals surface area contributed by atoms with Crippen molar-refractivity contribution in [3.8, 4) is 11.5 Å². The van der Waals surface area contributed by atoms with Gasteiger partial charge in [0, 0.05) is 11.1 Å². The summed E-state index contributed by atoms with van der Waals surface area (Å²) in [6.45, 7) is 1.91. The van der Waals surface area contributed by atoms with Crippen molar-refractivity contribution >= 4 is 21.6 Å². The Morgan fingerprint density at radius 2 is 1.75 bits per heavy atom. The summed E-state index contributed by atoms with van der Waals surface area (Å²) in [5, 5.41) is 0.327. The van der Waals surface area contributed by atoms with Gasteiger partial charge >= 0.3 is 0 Å². The molecule has 130 valence electrons. The van der Waals surface area contributed by atoms with Crippen LogP contribution in [0, 0.1) is 0 Å². The van der Waals surface area contributed by atoms with Crippen molar-refractivity contribution in [3.63, 3.8) is 0 Å². The highest BCUT2D eigenvalue weighted by atomic mass is 35.5. The maximum atomic E-state index is 12.8. The zero-order valence-electron chi connectivity index (χ0n) is 13.7. The second kappa shape index (κ2) is 7.88. The summed E-state index contributed by atoms with van der Waals surface area (Å²) in [6.07, 6.45) is 0.592. The number of hydrogen-bond donors (Lipinski definition) is 1. The molecule has 1 N–H and O–H groups in total. The minimum atomic E-state index is -3.79. The molecule has 0 aliphatic heterocycles. The Kier molecular flexibility index (Phi) is 6.10. The second-order valence-corrected chi connectivity index (χ2v) is 7.27. The van der Waals surface area contributed by atoms with Gasteiger partial charge in [0.2, 0.25) is 10.0 Å². The van der Waals surface area contributed by atoms with E-state index in [-0.39, 0.29) is 16.7 Å². The molecular formula is C17H20ClNO4S. The van der Waals surface area contributed by atoms with E-state index in [9.17, 15) is 8.42 Å². The number of sulfonamides is 1. The zero-order valence-corrected chi connectivity index (χ0v) is 15.3. The van der Waals surface area contributed by atoms with Gasteiger partial charge in [-0.3, -0.25) is 0 Å². The fraction of sp³-hybridized carbons (Fsp3) is 0.294. The van der Waals surface area contributed by atoms with E-state index in [0.717, 1.165) is 5.56 Å². The van der Waals surface area contributed by atoms with Crippen LogP contribution >= 0.6 is 11.6 Å². The number of methoxy groups -OCH3 is 2. The lowest BCUT2D eigenvalue weighted by Gasteiger charge is -2.19. The largest absolute Gasteiger partial charge is 0.497 e. The maximum absolute atomic E-state index is 12.8. The SMILES string of the molecule is CC[C@H](NS(=O)(=O)c1cc(Cl)ccc1OC)c1ccc(OC)cc1. The molecule has 0 saturated heterocycles. The molecule has 7 heteroatoms. The van der Waals surface area contributed by atoms with Crippen molar-refractivity contribution in [2.75, 3.05) is 14.2 Å². The van der Waals surface area contributed by atoms with E-state index in [2.05, 4.69) is 4.72 Å². The fourth-order valence-electron chi connectivity index (χ4n) is 2.33. The van der Waals surface area contributed by atoms with Crippen LogP contribution in [-0.4, -0.2) is 22.6 Å². The maximum Gasteiger partial charge on any atom is 0.244 e. The molecule has 2 rings (SSSR count). The predicted molar refractivity (Wildman–Crippen MR) is 94.4 cm³/mol. The molecule has 24 heavy (non-hydrogen) atoms. The summed E-state index contributed by atoms with van der Waals surface area (Å²) in [4.78, 5) is 0.0180. The first-order chi connectivity index (χ1) is 11.4. The molecule has 0 fully saturated rings. The smallest absolute Gasteiger partial charge is 0.244 e. The van der Waals surface area contributed by atoms with Gasteiger partial charge in [-0.1, -0.05) is 30.7 Å². The van der Waals surface area contributed by atoms with Crippen molar-refractivity contribution < 1.29 is 17.9 Å². The molecule has 2 aromatic carbocycles. The quantitative estimate of drug-likeness (QED) is 0.806. The van der Waals surface area contributed by atoms with Crippen molar-refractivity contribution in [2.24, 2.45) is 0 Å². The first-order valence-electron chi connectivity index (χ1n) is 7.41. The Morgan fingerprint density at radius 1 is 1.08 bits per heavy atom. The van der Waals surface area contributed by atoms with Gasteiger partial charge in [0.1, 0.15) is 16.4 Å². The molecule has 0 spiro atoms. The van der Waals surface area contributed by atoms with Crippen molar-refractivity contribution in [1.29, 1.82) is 0 Å². The molecule has 5 nitrogen and oxygen atoms in total. The molecule has 0 bridgehead atoms. The van der Waals surface area contributed by atoms with E-state index in [4.69, 9.17) is 21.1 Å². The third-order valence-corrected chi connectivity index (χ3v) is 5.37. The lowest BCUT2D eigenvalue weighted by Crippen LogP contribution is -2.28. The van der Waals surface area contributed by atoms with Crippen LogP contribution in [0.25, 0.3) is 0 Å². The highest BCUT2D eigenvalue weighted by Gasteiger charge is 2.24. The zero-order chi connectivity index (χ0) is 17.7. The van der Waals surface area contributed by atoms with E-state index < -0.39 is 10.0 Å². The van der Waals surface area contributed by atoms with Crippen molar-refractivity contribution in [2.45, 2.75) is 24.3 Å². The Bertz CT molecular complexity index is 791. The monoisotopic (exact) mass is 369 g/mol. The van der Waals surface area contributed by atoms with E-state index in [1.807, 2.05) is 19.1 Å². The molecule has 0 aromatic heterocycles. The first kappa shape index (κ1) is 18.6. The number of hydrogen-bond acceptors (Lipinski definition) is 4. The lowest BCUT2D eigenvalue weighted by atomic mass is 10.1. The highest BCUT2D eigenvalue weighted by Crippen LogP contribution is 2.29. The number of nitrogens with one attached hydrogen (secondary N) is 1. The van der Waals surface area contributed by atoms with Gasteiger partial charge < -0.3 is 9.47 Å². The number of ether oxygens (including phenoxy) is 2. The number of rotatable bonds is 7. The lowest BCUT2D eigenvalue weighted by molar-refractivity contribution is 0.402. The molecule has 0 saturated carbocycles. The van der Waals surface area contributed by atoms with Gasteiger partial charge in [0.15, 0.2) is 0 Å². The normalized spacial score (nSPS) is 12.7. The summed E-state index contributed by atoms with van der Waals surface area (Å²) in [5.41, 5.74) is 0.850. The summed E-state index contributed by atoms with van der Waals surface area (Å²) < 4.78 is 38.5. The van der Waals surface area contributed by atoms with Crippen LogP contribution in [0.5, 0.6) is 11.5 Å². The average molecular weight is 370 g/mol. The van der Waals surface area contributed by atoms with Crippen molar-refractivity contribution in [1.82, 2.24) is 4.72 Å². The first-order valence-corrected chi connectivity index (χ1v) is 9.27. The molecule has 0 unspecified atom stereocenters. The van der Waals surface area contributed by atoms with Crippen LogP contribution in [0.3, 0.4) is 0 Å². The summed E-state index contributed by atoms with van der Waals surface area (Å²) in [5.74, 6) is 0.962. The molecule has 0 heterocycles. The fourth-order valence-corrected chi connectivity index (χ4v) is 4.07. The predicted octanol–water partition coefficient (Wildman–Crippen LogP) is 3.79. The minimum Gasteiger partial charge on any atom is -0.497 e. The molecule has 0 radical (unpaired) electrons. The van der Waals surface area contributed by atoms with E-state index >= 15 is 0 Å². The molecule has 0 amide bonds. The van der Waals surface area contributed by atoms with Gasteiger partial charge in [-0.25, -0.2) is 13.1 Å². The van der Waals surface area contributed by atoms with Gasteiger partial charge in [-0.05, 0) is 42.3 Å². The van der Waals surface area contributed by atoms with Gasteiger partial charge in [-0.15, -0.1) is 0 Å². The topological polar surface area (TPSA) is 64.6 Å². The van der Waals surface area contributed by atoms with Crippen LogP contribution in [-0.2, 0) is 10.0 Å².